The van der Waals surface area contributed by atoms with E-state index in [-0.39, 0.29) is 5.56 Å². The molecule has 4 nitrogen and oxygen atoms in total. The summed E-state index contributed by atoms with van der Waals surface area (Å²) in [5.41, 5.74) is 5.56. The van der Waals surface area contributed by atoms with Crippen LogP contribution in [-0.2, 0) is 11.3 Å². The molecule has 1 heterocycles. The summed E-state index contributed by atoms with van der Waals surface area (Å²) in [5.74, 6) is 0.643. The molecule has 4 heteroatoms. The van der Waals surface area contributed by atoms with E-state index in [1.54, 1.807) is 22.9 Å². The van der Waals surface area contributed by atoms with Crippen LogP contribution < -0.4 is 11.3 Å². The molecule has 1 fully saturated rings. The quantitative estimate of drug-likeness (QED) is 0.793. The number of ether oxygens (including phenoxy) is 1. The molecular formula is C12H18N2O2. The number of nitrogens with zero attached hydrogens (tertiary/aromatic N) is 1. The van der Waals surface area contributed by atoms with E-state index in [1.807, 2.05) is 6.07 Å². The Morgan fingerprint density at radius 3 is 2.94 bits per heavy atom. The van der Waals surface area contributed by atoms with Crippen LogP contribution >= 0.6 is 0 Å². The van der Waals surface area contributed by atoms with Crippen molar-refractivity contribution in [3.63, 3.8) is 0 Å². The van der Waals surface area contributed by atoms with Crippen molar-refractivity contribution in [1.29, 1.82) is 0 Å². The number of pyridine rings is 1. The standard InChI is InChI=1S/C12H18N2O2/c13-9-10-7-11(8-10)16-6-5-14-4-2-1-3-12(14)15/h1-4,10-11H,5-9,13H2. The van der Waals surface area contributed by atoms with Crippen LogP contribution in [0, 0.1) is 5.92 Å². The SMILES string of the molecule is NCC1CC(OCCn2ccccc2=O)C1. The van der Waals surface area contributed by atoms with Gasteiger partial charge in [0.2, 0.25) is 0 Å². The topological polar surface area (TPSA) is 57.2 Å². The molecule has 0 radical (unpaired) electrons. The van der Waals surface area contributed by atoms with Crippen molar-refractivity contribution in [2.24, 2.45) is 11.7 Å². The molecule has 0 spiro atoms. The minimum Gasteiger partial charge on any atom is -0.376 e. The van der Waals surface area contributed by atoms with Gasteiger partial charge in [-0.15, -0.1) is 0 Å². The van der Waals surface area contributed by atoms with Gasteiger partial charge in [0.25, 0.3) is 5.56 Å². The van der Waals surface area contributed by atoms with E-state index in [2.05, 4.69) is 0 Å². The molecule has 1 aliphatic rings. The number of rotatable bonds is 5. The summed E-state index contributed by atoms with van der Waals surface area (Å²) in [7, 11) is 0. The molecule has 88 valence electrons. The average molecular weight is 222 g/mol. The number of nitrogens with two attached hydrogens (primary N) is 1. The van der Waals surface area contributed by atoms with Gasteiger partial charge in [-0.2, -0.15) is 0 Å². The van der Waals surface area contributed by atoms with Gasteiger partial charge in [0.15, 0.2) is 0 Å². The molecule has 2 rings (SSSR count). The third-order valence-corrected chi connectivity index (χ3v) is 3.11. The minimum absolute atomic E-state index is 0.0274. The monoisotopic (exact) mass is 222 g/mol. The maximum Gasteiger partial charge on any atom is 0.250 e. The zero-order valence-corrected chi connectivity index (χ0v) is 9.34. The summed E-state index contributed by atoms with van der Waals surface area (Å²) in [6.07, 6.45) is 4.28. The van der Waals surface area contributed by atoms with E-state index in [0.29, 0.717) is 25.2 Å². The van der Waals surface area contributed by atoms with Crippen molar-refractivity contribution < 1.29 is 4.74 Å². The number of aromatic nitrogens is 1. The van der Waals surface area contributed by atoms with Crippen LogP contribution in [0.4, 0.5) is 0 Å². The first-order valence-corrected chi connectivity index (χ1v) is 5.76. The zero-order chi connectivity index (χ0) is 11.4. The van der Waals surface area contributed by atoms with Crippen LogP contribution in [0.3, 0.4) is 0 Å². The van der Waals surface area contributed by atoms with Crippen LogP contribution in [-0.4, -0.2) is 23.8 Å². The van der Waals surface area contributed by atoms with E-state index >= 15 is 0 Å². The second kappa shape index (κ2) is 5.27. The van der Waals surface area contributed by atoms with Crippen molar-refractivity contribution in [3.8, 4) is 0 Å². The van der Waals surface area contributed by atoms with Crippen molar-refractivity contribution in [1.82, 2.24) is 4.57 Å². The lowest BCUT2D eigenvalue weighted by Gasteiger charge is -2.34. The lowest BCUT2D eigenvalue weighted by atomic mass is 9.82. The first-order chi connectivity index (χ1) is 7.79. The third kappa shape index (κ3) is 2.71. The smallest absolute Gasteiger partial charge is 0.250 e. The highest BCUT2D eigenvalue weighted by molar-refractivity contribution is 4.93. The Bertz CT molecular complexity index is 383. The molecule has 0 saturated heterocycles. The predicted octanol–water partition coefficient (Wildman–Crippen LogP) is 0.602. The Morgan fingerprint density at radius 1 is 1.44 bits per heavy atom. The average Bonchev–Trinajstić information content (AvgIpc) is 2.24. The summed E-state index contributed by atoms with van der Waals surface area (Å²) in [6, 6.07) is 5.17. The number of hydrogen-bond donors (Lipinski definition) is 1. The highest BCUT2D eigenvalue weighted by Crippen LogP contribution is 2.28. The van der Waals surface area contributed by atoms with E-state index in [0.717, 1.165) is 19.4 Å². The fraction of sp³-hybridized carbons (Fsp3) is 0.583. The molecule has 0 aliphatic heterocycles. The largest absolute Gasteiger partial charge is 0.376 e. The van der Waals surface area contributed by atoms with E-state index in [9.17, 15) is 4.79 Å². The van der Waals surface area contributed by atoms with Crippen molar-refractivity contribution >= 4 is 0 Å². The second-order valence-electron chi connectivity index (χ2n) is 4.30. The predicted molar refractivity (Wildman–Crippen MR) is 62.2 cm³/mol. The summed E-state index contributed by atoms with van der Waals surface area (Å²) in [5, 5.41) is 0. The van der Waals surface area contributed by atoms with Crippen LogP contribution in [0.1, 0.15) is 12.8 Å². The Balaban J connectivity index is 1.69. The molecule has 1 aromatic rings. The summed E-state index contributed by atoms with van der Waals surface area (Å²) < 4.78 is 7.32. The van der Waals surface area contributed by atoms with Gasteiger partial charge in [-0.3, -0.25) is 4.79 Å². The molecule has 0 bridgehead atoms. The summed E-state index contributed by atoms with van der Waals surface area (Å²) in [4.78, 5) is 11.4. The normalized spacial score (nSPS) is 24.1. The lowest BCUT2D eigenvalue weighted by molar-refractivity contribution is -0.0309. The van der Waals surface area contributed by atoms with Gasteiger partial charge in [0, 0.05) is 18.8 Å². The first-order valence-electron chi connectivity index (χ1n) is 5.76. The van der Waals surface area contributed by atoms with Gasteiger partial charge in [0.1, 0.15) is 0 Å². The maximum atomic E-state index is 11.4. The van der Waals surface area contributed by atoms with Crippen LogP contribution in [0.2, 0.25) is 0 Å². The van der Waals surface area contributed by atoms with Crippen molar-refractivity contribution in [2.45, 2.75) is 25.5 Å². The van der Waals surface area contributed by atoms with E-state index in [4.69, 9.17) is 10.5 Å². The molecule has 1 aromatic heterocycles. The molecule has 0 aromatic carbocycles. The highest BCUT2D eigenvalue weighted by atomic mass is 16.5. The maximum absolute atomic E-state index is 11.4. The van der Waals surface area contributed by atoms with Gasteiger partial charge in [-0.05, 0) is 31.4 Å². The minimum atomic E-state index is 0.0274. The Kier molecular flexibility index (Phi) is 3.74. The second-order valence-corrected chi connectivity index (χ2v) is 4.30. The Labute approximate surface area is 95.0 Å². The van der Waals surface area contributed by atoms with Gasteiger partial charge in [-0.25, -0.2) is 0 Å². The zero-order valence-electron chi connectivity index (χ0n) is 9.34. The fourth-order valence-electron chi connectivity index (χ4n) is 1.97. The highest BCUT2D eigenvalue weighted by Gasteiger charge is 2.28. The molecule has 1 aliphatic carbocycles. The summed E-state index contributed by atoms with van der Waals surface area (Å²) >= 11 is 0. The van der Waals surface area contributed by atoms with Crippen LogP contribution in [0.5, 0.6) is 0 Å². The van der Waals surface area contributed by atoms with Crippen molar-refractivity contribution in [3.05, 3.63) is 34.7 Å². The Morgan fingerprint density at radius 2 is 2.25 bits per heavy atom. The Hall–Kier alpha value is -1.13. The molecule has 16 heavy (non-hydrogen) atoms. The third-order valence-electron chi connectivity index (χ3n) is 3.11. The lowest BCUT2D eigenvalue weighted by Crippen LogP contribution is -2.36. The van der Waals surface area contributed by atoms with Crippen molar-refractivity contribution in [2.75, 3.05) is 13.2 Å². The van der Waals surface area contributed by atoms with E-state index < -0.39 is 0 Å². The fourth-order valence-corrected chi connectivity index (χ4v) is 1.97. The first kappa shape index (κ1) is 11.4. The molecule has 1 saturated carbocycles. The van der Waals surface area contributed by atoms with Gasteiger partial charge in [0.05, 0.1) is 12.7 Å². The van der Waals surface area contributed by atoms with Crippen LogP contribution in [0.15, 0.2) is 29.2 Å². The van der Waals surface area contributed by atoms with Gasteiger partial charge < -0.3 is 15.0 Å². The van der Waals surface area contributed by atoms with Gasteiger partial charge in [-0.1, -0.05) is 6.07 Å². The number of hydrogen-bond acceptors (Lipinski definition) is 3. The molecule has 0 atom stereocenters. The van der Waals surface area contributed by atoms with Crippen LogP contribution in [0.25, 0.3) is 0 Å². The molecular weight excluding hydrogens is 204 g/mol. The molecule has 0 amide bonds. The molecule has 0 unspecified atom stereocenters. The molecule has 2 N–H and O–H groups in total. The van der Waals surface area contributed by atoms with Gasteiger partial charge >= 0.3 is 0 Å². The summed E-state index contributed by atoms with van der Waals surface area (Å²) in [6.45, 7) is 1.99. The van der Waals surface area contributed by atoms with E-state index in [1.165, 1.54) is 0 Å².